The third kappa shape index (κ3) is 5.30. The number of hydrogen-bond donors (Lipinski definition) is 1. The molecule has 1 atom stereocenters. The molecular formula is C16H23F4N. The highest BCUT2D eigenvalue weighted by atomic mass is 19.4. The van der Waals surface area contributed by atoms with E-state index in [0.29, 0.717) is 12.0 Å². The SMILES string of the molecule is CCNC(CCc1ccc(C(F)(F)F)c(F)c1)C(C)(C)C. The molecule has 120 valence electrons. The fourth-order valence-corrected chi connectivity index (χ4v) is 2.34. The van der Waals surface area contributed by atoms with Gasteiger partial charge in [-0.2, -0.15) is 13.2 Å². The Bertz CT molecular complexity index is 460. The molecule has 1 unspecified atom stereocenters. The zero-order valence-electron chi connectivity index (χ0n) is 12.9. The first-order valence-corrected chi connectivity index (χ1v) is 7.14. The monoisotopic (exact) mass is 305 g/mol. The minimum absolute atomic E-state index is 0.0421. The van der Waals surface area contributed by atoms with Crippen LogP contribution in [0.1, 0.15) is 45.2 Å². The third-order valence-electron chi connectivity index (χ3n) is 3.56. The van der Waals surface area contributed by atoms with Crippen LogP contribution < -0.4 is 5.32 Å². The van der Waals surface area contributed by atoms with Crippen molar-refractivity contribution in [2.75, 3.05) is 6.54 Å². The molecule has 1 N–H and O–H groups in total. The molecular weight excluding hydrogens is 282 g/mol. The molecule has 21 heavy (non-hydrogen) atoms. The highest BCUT2D eigenvalue weighted by Crippen LogP contribution is 2.32. The molecule has 0 fully saturated rings. The summed E-state index contributed by atoms with van der Waals surface area (Å²) in [6, 6.07) is 3.41. The van der Waals surface area contributed by atoms with E-state index in [1.54, 1.807) is 0 Å². The Kier molecular flexibility index (Phi) is 5.79. The fraction of sp³-hybridized carbons (Fsp3) is 0.625. The molecule has 0 saturated carbocycles. The van der Waals surface area contributed by atoms with Crippen molar-refractivity contribution in [3.8, 4) is 0 Å². The van der Waals surface area contributed by atoms with Crippen molar-refractivity contribution in [2.24, 2.45) is 5.41 Å². The molecule has 1 aromatic carbocycles. The molecule has 0 aliphatic heterocycles. The quantitative estimate of drug-likeness (QED) is 0.770. The molecule has 0 radical (unpaired) electrons. The Labute approximate surface area is 123 Å². The second kappa shape index (κ2) is 6.77. The van der Waals surface area contributed by atoms with E-state index in [9.17, 15) is 17.6 Å². The van der Waals surface area contributed by atoms with E-state index in [0.717, 1.165) is 25.1 Å². The van der Waals surface area contributed by atoms with Gasteiger partial charge in [0.05, 0.1) is 5.56 Å². The van der Waals surface area contributed by atoms with E-state index >= 15 is 0 Å². The van der Waals surface area contributed by atoms with E-state index in [4.69, 9.17) is 0 Å². The van der Waals surface area contributed by atoms with Gasteiger partial charge >= 0.3 is 6.18 Å². The summed E-state index contributed by atoms with van der Waals surface area (Å²) in [5.74, 6) is -1.20. The zero-order valence-corrected chi connectivity index (χ0v) is 12.9. The van der Waals surface area contributed by atoms with Gasteiger partial charge in [0.2, 0.25) is 0 Å². The molecule has 0 bridgehead atoms. The highest BCUT2D eigenvalue weighted by Gasteiger charge is 2.34. The second-order valence-electron chi connectivity index (χ2n) is 6.33. The maximum absolute atomic E-state index is 13.5. The van der Waals surface area contributed by atoms with Gasteiger partial charge in [-0.1, -0.05) is 33.8 Å². The van der Waals surface area contributed by atoms with Crippen LogP contribution in [0.2, 0.25) is 0 Å². The first-order valence-electron chi connectivity index (χ1n) is 7.14. The molecule has 1 nitrogen and oxygen atoms in total. The van der Waals surface area contributed by atoms with Crippen LogP contribution in [0.15, 0.2) is 18.2 Å². The van der Waals surface area contributed by atoms with Crippen molar-refractivity contribution in [1.82, 2.24) is 5.32 Å². The molecule has 0 aromatic heterocycles. The number of hydrogen-bond acceptors (Lipinski definition) is 1. The van der Waals surface area contributed by atoms with Crippen molar-refractivity contribution in [2.45, 2.75) is 52.8 Å². The third-order valence-corrected chi connectivity index (χ3v) is 3.56. The molecule has 1 aromatic rings. The first-order chi connectivity index (χ1) is 9.55. The molecule has 0 amide bonds. The minimum atomic E-state index is -4.64. The normalized spacial score (nSPS) is 14.3. The van der Waals surface area contributed by atoms with Gasteiger partial charge < -0.3 is 5.32 Å². The van der Waals surface area contributed by atoms with Gasteiger partial charge in [-0.15, -0.1) is 0 Å². The van der Waals surface area contributed by atoms with E-state index in [1.807, 2.05) is 6.92 Å². The van der Waals surface area contributed by atoms with Gasteiger partial charge in [-0.25, -0.2) is 4.39 Å². The summed E-state index contributed by atoms with van der Waals surface area (Å²) in [7, 11) is 0. The lowest BCUT2D eigenvalue weighted by Crippen LogP contribution is -2.40. The molecule has 0 aliphatic rings. The number of rotatable bonds is 5. The van der Waals surface area contributed by atoms with Gasteiger partial charge in [0, 0.05) is 6.04 Å². The number of aryl methyl sites for hydroxylation is 1. The minimum Gasteiger partial charge on any atom is -0.314 e. The van der Waals surface area contributed by atoms with Crippen LogP contribution in [-0.4, -0.2) is 12.6 Å². The van der Waals surface area contributed by atoms with Crippen molar-refractivity contribution in [1.29, 1.82) is 0 Å². The largest absolute Gasteiger partial charge is 0.419 e. The van der Waals surface area contributed by atoms with Crippen molar-refractivity contribution < 1.29 is 17.6 Å². The molecule has 0 heterocycles. The number of benzene rings is 1. The number of nitrogens with one attached hydrogen (secondary N) is 1. The van der Waals surface area contributed by atoms with Crippen LogP contribution in [0, 0.1) is 11.2 Å². The Morgan fingerprint density at radius 2 is 1.76 bits per heavy atom. The molecule has 0 aliphatic carbocycles. The highest BCUT2D eigenvalue weighted by molar-refractivity contribution is 5.26. The predicted molar refractivity (Wildman–Crippen MR) is 76.6 cm³/mol. The summed E-state index contributed by atoms with van der Waals surface area (Å²) in [4.78, 5) is 0. The van der Waals surface area contributed by atoms with E-state index < -0.39 is 17.6 Å². The van der Waals surface area contributed by atoms with Crippen LogP contribution in [0.5, 0.6) is 0 Å². The maximum atomic E-state index is 13.5. The summed E-state index contributed by atoms with van der Waals surface area (Å²) >= 11 is 0. The Balaban J connectivity index is 2.78. The maximum Gasteiger partial charge on any atom is 0.419 e. The van der Waals surface area contributed by atoms with Gasteiger partial charge in [0.15, 0.2) is 0 Å². The first kappa shape index (κ1) is 18.0. The summed E-state index contributed by atoms with van der Waals surface area (Å²) in [5, 5.41) is 3.37. The van der Waals surface area contributed by atoms with Crippen LogP contribution in [0.4, 0.5) is 17.6 Å². The molecule has 1 rings (SSSR count). The van der Waals surface area contributed by atoms with Crippen molar-refractivity contribution in [3.05, 3.63) is 35.1 Å². The lowest BCUT2D eigenvalue weighted by Gasteiger charge is -2.31. The van der Waals surface area contributed by atoms with E-state index in [-0.39, 0.29) is 11.5 Å². The Morgan fingerprint density at radius 1 is 1.14 bits per heavy atom. The Hall–Kier alpha value is -1.10. The fourth-order valence-electron chi connectivity index (χ4n) is 2.34. The Morgan fingerprint density at radius 3 is 2.19 bits per heavy atom. The van der Waals surface area contributed by atoms with Crippen LogP contribution >= 0.6 is 0 Å². The standard InChI is InChI=1S/C16H23F4N/c1-5-21-14(15(2,3)4)9-7-11-6-8-12(13(17)10-11)16(18,19)20/h6,8,10,14,21H,5,7,9H2,1-4H3. The second-order valence-corrected chi connectivity index (χ2v) is 6.33. The summed E-state index contributed by atoms with van der Waals surface area (Å²) in [5.41, 5.74) is -0.571. The van der Waals surface area contributed by atoms with E-state index in [1.165, 1.54) is 6.07 Å². The summed E-state index contributed by atoms with van der Waals surface area (Å²) in [6.07, 6.45) is -3.34. The van der Waals surface area contributed by atoms with Gasteiger partial charge in [0.25, 0.3) is 0 Å². The van der Waals surface area contributed by atoms with Crippen LogP contribution in [-0.2, 0) is 12.6 Å². The topological polar surface area (TPSA) is 12.0 Å². The average molecular weight is 305 g/mol. The van der Waals surface area contributed by atoms with Crippen LogP contribution in [0.3, 0.4) is 0 Å². The van der Waals surface area contributed by atoms with Gasteiger partial charge in [-0.05, 0) is 42.5 Å². The van der Waals surface area contributed by atoms with Crippen LogP contribution in [0.25, 0.3) is 0 Å². The van der Waals surface area contributed by atoms with Gasteiger partial charge in [-0.3, -0.25) is 0 Å². The average Bonchev–Trinajstić information content (AvgIpc) is 2.31. The summed E-state index contributed by atoms with van der Waals surface area (Å²) in [6.45, 7) is 9.15. The van der Waals surface area contributed by atoms with Gasteiger partial charge in [0.1, 0.15) is 5.82 Å². The lowest BCUT2D eigenvalue weighted by molar-refractivity contribution is -0.140. The smallest absolute Gasteiger partial charge is 0.314 e. The number of alkyl halides is 3. The lowest BCUT2D eigenvalue weighted by atomic mass is 9.83. The van der Waals surface area contributed by atoms with Crippen molar-refractivity contribution >= 4 is 0 Å². The predicted octanol–water partition coefficient (Wildman–Crippen LogP) is 4.80. The molecule has 5 heteroatoms. The van der Waals surface area contributed by atoms with Crippen molar-refractivity contribution in [3.63, 3.8) is 0 Å². The number of halogens is 4. The molecule has 0 spiro atoms. The van der Waals surface area contributed by atoms with E-state index in [2.05, 4.69) is 26.1 Å². The zero-order chi connectivity index (χ0) is 16.3. The molecule has 0 saturated heterocycles. The summed E-state index contributed by atoms with van der Waals surface area (Å²) < 4.78 is 51.0.